The van der Waals surface area contributed by atoms with E-state index in [2.05, 4.69) is 20.2 Å². The molecule has 4 nitrogen and oxygen atoms in total. The second kappa shape index (κ2) is 5.61. The van der Waals surface area contributed by atoms with Crippen molar-refractivity contribution >= 4 is 17.4 Å². The Kier molecular flexibility index (Phi) is 3.96. The van der Waals surface area contributed by atoms with Crippen LogP contribution in [0.5, 0.6) is 0 Å². The van der Waals surface area contributed by atoms with Gasteiger partial charge >= 0.3 is 6.18 Å². The minimum atomic E-state index is -4.59. The standard InChI is InChI=1S/C13H16ClF3N4/c14-10-7-11(20-12(19-10)13(15,16)17)18-8-4-6-21-5-2-1-3-9(8)21/h7-9H,1-6H2,(H,18,19,20). The maximum absolute atomic E-state index is 12.7. The molecule has 2 atom stereocenters. The first-order chi connectivity index (χ1) is 9.93. The molecule has 2 aliphatic rings. The Morgan fingerprint density at radius 2 is 2.00 bits per heavy atom. The Morgan fingerprint density at radius 1 is 1.19 bits per heavy atom. The molecule has 0 aromatic carbocycles. The van der Waals surface area contributed by atoms with Crippen molar-refractivity contribution in [2.75, 3.05) is 18.4 Å². The molecule has 2 fully saturated rings. The number of hydrogen-bond donors (Lipinski definition) is 1. The van der Waals surface area contributed by atoms with Crippen LogP contribution in [0.25, 0.3) is 0 Å². The van der Waals surface area contributed by atoms with Crippen LogP contribution >= 0.6 is 11.6 Å². The van der Waals surface area contributed by atoms with Gasteiger partial charge in [0.2, 0.25) is 5.82 Å². The van der Waals surface area contributed by atoms with Crippen molar-refractivity contribution < 1.29 is 13.2 Å². The highest BCUT2D eigenvalue weighted by Gasteiger charge is 2.37. The lowest BCUT2D eigenvalue weighted by Crippen LogP contribution is -2.41. The van der Waals surface area contributed by atoms with E-state index in [4.69, 9.17) is 11.6 Å². The zero-order chi connectivity index (χ0) is 15.0. The van der Waals surface area contributed by atoms with E-state index in [0.29, 0.717) is 6.04 Å². The average molecular weight is 321 g/mol. The lowest BCUT2D eigenvalue weighted by Gasteiger charge is -2.32. The lowest BCUT2D eigenvalue weighted by atomic mass is 9.99. The van der Waals surface area contributed by atoms with Crippen molar-refractivity contribution in [1.82, 2.24) is 14.9 Å². The highest BCUT2D eigenvalue weighted by atomic mass is 35.5. The van der Waals surface area contributed by atoms with Gasteiger partial charge < -0.3 is 5.32 Å². The molecule has 2 unspecified atom stereocenters. The third kappa shape index (κ3) is 3.23. The van der Waals surface area contributed by atoms with Gasteiger partial charge in [-0.1, -0.05) is 18.0 Å². The summed E-state index contributed by atoms with van der Waals surface area (Å²) in [4.78, 5) is 9.19. The molecule has 116 valence electrons. The smallest absolute Gasteiger partial charge is 0.366 e. The van der Waals surface area contributed by atoms with E-state index < -0.39 is 12.0 Å². The molecule has 1 N–H and O–H groups in total. The van der Waals surface area contributed by atoms with E-state index in [1.165, 1.54) is 12.5 Å². The first kappa shape index (κ1) is 14.8. The maximum atomic E-state index is 12.7. The second-order valence-electron chi connectivity index (χ2n) is 5.54. The molecule has 8 heteroatoms. The van der Waals surface area contributed by atoms with Gasteiger partial charge in [-0.3, -0.25) is 4.90 Å². The van der Waals surface area contributed by atoms with Crippen LogP contribution in [-0.4, -0.2) is 40.0 Å². The van der Waals surface area contributed by atoms with Gasteiger partial charge in [-0.05, 0) is 25.8 Å². The normalized spacial score (nSPS) is 26.7. The Morgan fingerprint density at radius 3 is 2.76 bits per heavy atom. The van der Waals surface area contributed by atoms with Gasteiger partial charge in [-0.2, -0.15) is 13.2 Å². The Bertz CT molecular complexity index is 523. The maximum Gasteiger partial charge on any atom is 0.451 e. The van der Waals surface area contributed by atoms with Crippen LogP contribution in [-0.2, 0) is 6.18 Å². The molecular weight excluding hydrogens is 305 g/mol. The largest absolute Gasteiger partial charge is 0.451 e. The fourth-order valence-electron chi connectivity index (χ4n) is 3.22. The minimum Gasteiger partial charge on any atom is -0.366 e. The van der Waals surface area contributed by atoms with E-state index in [1.54, 1.807) is 0 Å². The summed E-state index contributed by atoms with van der Waals surface area (Å²) in [6, 6.07) is 1.85. The summed E-state index contributed by atoms with van der Waals surface area (Å²) in [5.74, 6) is -1.05. The molecule has 2 saturated heterocycles. The van der Waals surface area contributed by atoms with Crippen LogP contribution in [0.3, 0.4) is 0 Å². The Labute approximate surface area is 125 Å². The minimum absolute atomic E-state index is 0.123. The Hall–Kier alpha value is -1.08. The fourth-order valence-corrected chi connectivity index (χ4v) is 3.41. The molecule has 21 heavy (non-hydrogen) atoms. The van der Waals surface area contributed by atoms with Crippen LogP contribution in [0.2, 0.25) is 5.15 Å². The van der Waals surface area contributed by atoms with E-state index in [1.807, 2.05) is 0 Å². The van der Waals surface area contributed by atoms with Crippen LogP contribution in [0.15, 0.2) is 6.07 Å². The molecule has 1 aromatic heterocycles. The summed E-state index contributed by atoms with van der Waals surface area (Å²) >= 11 is 5.68. The third-order valence-electron chi connectivity index (χ3n) is 4.14. The molecular formula is C13H16ClF3N4. The number of aromatic nitrogens is 2. The number of nitrogens with zero attached hydrogens (tertiary/aromatic N) is 3. The number of fused-ring (bicyclic) bond motifs is 1. The number of halogens is 4. The summed E-state index contributed by atoms with van der Waals surface area (Å²) < 4.78 is 38.1. The molecule has 1 aromatic rings. The van der Waals surface area contributed by atoms with Gasteiger partial charge in [0.1, 0.15) is 11.0 Å². The molecule has 2 aliphatic heterocycles. The van der Waals surface area contributed by atoms with Crippen molar-refractivity contribution in [3.63, 3.8) is 0 Å². The van der Waals surface area contributed by atoms with Crippen molar-refractivity contribution in [3.05, 3.63) is 17.0 Å². The lowest BCUT2D eigenvalue weighted by molar-refractivity contribution is -0.144. The van der Waals surface area contributed by atoms with Crippen molar-refractivity contribution in [3.8, 4) is 0 Å². The quantitative estimate of drug-likeness (QED) is 0.850. The predicted octanol–water partition coefficient (Wildman–Crippen LogP) is 3.19. The summed E-state index contributed by atoms with van der Waals surface area (Å²) in [5.41, 5.74) is 0. The number of piperidine rings is 1. The number of hydrogen-bond acceptors (Lipinski definition) is 4. The van der Waals surface area contributed by atoms with Gasteiger partial charge in [0.05, 0.1) is 0 Å². The second-order valence-corrected chi connectivity index (χ2v) is 5.92. The summed E-state index contributed by atoms with van der Waals surface area (Å²) in [7, 11) is 0. The van der Waals surface area contributed by atoms with E-state index in [9.17, 15) is 13.2 Å². The van der Waals surface area contributed by atoms with Crippen molar-refractivity contribution in [1.29, 1.82) is 0 Å². The van der Waals surface area contributed by atoms with Crippen molar-refractivity contribution in [2.45, 2.75) is 43.9 Å². The zero-order valence-corrected chi connectivity index (χ0v) is 12.1. The molecule has 0 saturated carbocycles. The molecule has 3 heterocycles. The highest BCUT2D eigenvalue weighted by Crippen LogP contribution is 2.31. The van der Waals surface area contributed by atoms with E-state index in [0.717, 1.165) is 32.4 Å². The van der Waals surface area contributed by atoms with Gasteiger partial charge in [0, 0.05) is 24.7 Å². The first-order valence-corrected chi connectivity index (χ1v) is 7.43. The average Bonchev–Trinajstić information content (AvgIpc) is 2.81. The van der Waals surface area contributed by atoms with Crippen molar-refractivity contribution in [2.24, 2.45) is 0 Å². The third-order valence-corrected chi connectivity index (χ3v) is 4.33. The summed E-state index contributed by atoms with van der Waals surface area (Å²) in [6.07, 6.45) is -0.247. The highest BCUT2D eigenvalue weighted by molar-refractivity contribution is 6.29. The van der Waals surface area contributed by atoms with Gasteiger partial charge in [0.15, 0.2) is 0 Å². The zero-order valence-electron chi connectivity index (χ0n) is 11.3. The fraction of sp³-hybridized carbons (Fsp3) is 0.692. The number of rotatable bonds is 2. The molecule has 0 radical (unpaired) electrons. The molecule has 0 bridgehead atoms. The van der Waals surface area contributed by atoms with Gasteiger partial charge in [0.25, 0.3) is 0 Å². The molecule has 0 spiro atoms. The van der Waals surface area contributed by atoms with Crippen LogP contribution in [0.1, 0.15) is 31.5 Å². The monoisotopic (exact) mass is 320 g/mol. The SMILES string of the molecule is FC(F)(F)c1nc(Cl)cc(NC2CCN3CCCCC23)n1. The number of nitrogens with one attached hydrogen (secondary N) is 1. The van der Waals surface area contributed by atoms with Crippen LogP contribution < -0.4 is 5.32 Å². The first-order valence-electron chi connectivity index (χ1n) is 7.06. The number of anilines is 1. The number of alkyl halides is 3. The van der Waals surface area contributed by atoms with E-state index in [-0.39, 0.29) is 17.0 Å². The van der Waals surface area contributed by atoms with Gasteiger partial charge in [-0.15, -0.1) is 0 Å². The Balaban J connectivity index is 1.77. The predicted molar refractivity (Wildman–Crippen MR) is 73.3 cm³/mol. The molecule has 3 rings (SSSR count). The van der Waals surface area contributed by atoms with E-state index >= 15 is 0 Å². The van der Waals surface area contributed by atoms with Crippen LogP contribution in [0.4, 0.5) is 19.0 Å². The summed E-state index contributed by atoms with van der Waals surface area (Å²) in [5, 5.41) is 2.92. The topological polar surface area (TPSA) is 41.1 Å². The molecule has 0 aliphatic carbocycles. The summed E-state index contributed by atoms with van der Waals surface area (Å²) in [6.45, 7) is 2.05. The molecule has 0 amide bonds. The van der Waals surface area contributed by atoms with Crippen LogP contribution in [0, 0.1) is 0 Å². The van der Waals surface area contributed by atoms with Gasteiger partial charge in [-0.25, -0.2) is 9.97 Å².